The maximum atomic E-state index is 13.3. The first-order chi connectivity index (χ1) is 12.4. The largest absolute Gasteiger partial charge is 0.315 e. The highest BCUT2D eigenvalue weighted by Gasteiger charge is 2.47. The second-order valence-corrected chi connectivity index (χ2v) is 9.85. The zero-order chi connectivity index (χ0) is 18.3. The van der Waals surface area contributed by atoms with Crippen molar-refractivity contribution in [1.82, 2.24) is 0 Å². The van der Waals surface area contributed by atoms with Crippen LogP contribution in [0, 0.1) is 5.82 Å². The van der Waals surface area contributed by atoms with Crippen LogP contribution >= 0.6 is 23.4 Å². The fourth-order valence-corrected chi connectivity index (χ4v) is 6.55. The number of hydrogen-bond acceptors (Lipinski definition) is 5. The average Bonchev–Trinajstić information content (AvgIpc) is 3.06. The average molecular weight is 411 g/mol. The summed E-state index contributed by atoms with van der Waals surface area (Å²) in [6.45, 7) is 0. The smallest absolute Gasteiger partial charge is 0.164 e. The number of fused-ring (bicyclic) bond motifs is 1. The lowest BCUT2D eigenvalue weighted by Gasteiger charge is -2.26. The highest BCUT2D eigenvalue weighted by Crippen LogP contribution is 2.36. The van der Waals surface area contributed by atoms with E-state index in [9.17, 15) is 12.8 Å². The lowest BCUT2D eigenvalue weighted by molar-refractivity contribution is 0.601. The van der Waals surface area contributed by atoms with Crippen molar-refractivity contribution in [3.63, 3.8) is 0 Å². The molecule has 8 heteroatoms. The number of rotatable bonds is 3. The number of anilines is 1. The summed E-state index contributed by atoms with van der Waals surface area (Å²) in [6.07, 6.45) is 0. The molecule has 2 atom stereocenters. The highest BCUT2D eigenvalue weighted by molar-refractivity contribution is 8.13. The molecular weight excluding hydrogens is 395 g/mol. The molecule has 26 heavy (non-hydrogen) atoms. The molecule has 2 aliphatic heterocycles. The number of nitrogens with zero attached hydrogens (tertiary/aromatic N) is 2. The van der Waals surface area contributed by atoms with Crippen molar-refractivity contribution in [1.29, 1.82) is 0 Å². The molecule has 2 aromatic carbocycles. The van der Waals surface area contributed by atoms with Crippen LogP contribution in [0.2, 0.25) is 5.02 Å². The van der Waals surface area contributed by atoms with Crippen molar-refractivity contribution in [2.75, 3.05) is 16.4 Å². The van der Waals surface area contributed by atoms with Gasteiger partial charge in [0.25, 0.3) is 0 Å². The summed E-state index contributed by atoms with van der Waals surface area (Å²) in [5.74, 6) is 0.425. The molecule has 2 heterocycles. The summed E-state index contributed by atoms with van der Waals surface area (Å²) in [7, 11) is -3.11. The van der Waals surface area contributed by atoms with E-state index < -0.39 is 9.84 Å². The van der Waals surface area contributed by atoms with Gasteiger partial charge in [0.05, 0.1) is 23.6 Å². The van der Waals surface area contributed by atoms with Gasteiger partial charge >= 0.3 is 0 Å². The number of hydrogen-bond donors (Lipinski definition) is 0. The SMILES string of the molecule is O=S1(=O)C[C@H]2N=C(SCc3ccccc3Cl)N(c3ccc(F)cc3)[C@H]2C1. The van der Waals surface area contributed by atoms with Gasteiger partial charge in [0, 0.05) is 16.5 Å². The molecule has 2 aromatic rings. The van der Waals surface area contributed by atoms with Crippen LogP contribution in [0.3, 0.4) is 0 Å². The first-order valence-corrected chi connectivity index (χ1v) is 11.3. The third-order valence-electron chi connectivity index (χ3n) is 4.53. The molecule has 136 valence electrons. The molecule has 4 rings (SSSR count). The van der Waals surface area contributed by atoms with Gasteiger partial charge in [-0.15, -0.1) is 0 Å². The van der Waals surface area contributed by atoms with E-state index in [2.05, 4.69) is 4.99 Å². The number of thioether (sulfide) groups is 1. The van der Waals surface area contributed by atoms with Gasteiger partial charge in [-0.05, 0) is 35.9 Å². The van der Waals surface area contributed by atoms with E-state index >= 15 is 0 Å². The summed E-state index contributed by atoms with van der Waals surface area (Å²) in [5.41, 5.74) is 1.74. The molecule has 2 aliphatic rings. The van der Waals surface area contributed by atoms with Crippen molar-refractivity contribution < 1.29 is 12.8 Å². The lowest BCUT2D eigenvalue weighted by atomic mass is 10.1. The molecule has 0 unspecified atom stereocenters. The fraction of sp³-hybridized carbons (Fsp3) is 0.278. The predicted molar refractivity (Wildman–Crippen MR) is 105 cm³/mol. The predicted octanol–water partition coefficient (Wildman–Crippen LogP) is 3.75. The van der Waals surface area contributed by atoms with Gasteiger partial charge in [-0.3, -0.25) is 4.99 Å². The number of sulfone groups is 1. The Morgan fingerprint density at radius 1 is 1.15 bits per heavy atom. The Morgan fingerprint density at radius 3 is 2.62 bits per heavy atom. The molecule has 1 saturated heterocycles. The maximum Gasteiger partial charge on any atom is 0.164 e. The minimum Gasteiger partial charge on any atom is -0.315 e. The van der Waals surface area contributed by atoms with Gasteiger partial charge in [0.15, 0.2) is 15.0 Å². The standard InChI is InChI=1S/C18H16ClFN2O2S2/c19-15-4-2-1-3-12(15)9-25-18-21-16-10-26(23,24)11-17(16)22(18)14-7-5-13(20)6-8-14/h1-8,16-17H,9-11H2/t16-,17+/m1/s1. The van der Waals surface area contributed by atoms with Crippen LogP contribution in [0.4, 0.5) is 10.1 Å². The molecule has 0 amide bonds. The minimum absolute atomic E-state index is 0.0610. The van der Waals surface area contributed by atoms with Gasteiger partial charge < -0.3 is 4.90 Å². The van der Waals surface area contributed by atoms with Crippen molar-refractivity contribution in [2.45, 2.75) is 17.8 Å². The number of amidine groups is 1. The minimum atomic E-state index is -3.11. The molecule has 0 N–H and O–H groups in total. The van der Waals surface area contributed by atoms with Gasteiger partial charge in [-0.25, -0.2) is 12.8 Å². The fourth-order valence-electron chi connectivity index (χ4n) is 3.29. The van der Waals surface area contributed by atoms with Crippen LogP contribution in [0.5, 0.6) is 0 Å². The zero-order valence-corrected chi connectivity index (χ0v) is 16.1. The van der Waals surface area contributed by atoms with Gasteiger partial charge in [0.1, 0.15) is 5.82 Å². The molecule has 0 radical (unpaired) electrons. The molecule has 1 fully saturated rings. The van der Waals surface area contributed by atoms with E-state index in [1.54, 1.807) is 12.1 Å². The van der Waals surface area contributed by atoms with Gasteiger partial charge in [0.2, 0.25) is 0 Å². The first-order valence-electron chi connectivity index (χ1n) is 8.12. The van der Waals surface area contributed by atoms with Crippen LogP contribution in [-0.2, 0) is 15.6 Å². The zero-order valence-electron chi connectivity index (χ0n) is 13.7. The van der Waals surface area contributed by atoms with Crippen LogP contribution in [0.1, 0.15) is 5.56 Å². The van der Waals surface area contributed by atoms with Crippen LogP contribution in [0.25, 0.3) is 0 Å². The van der Waals surface area contributed by atoms with E-state index in [0.717, 1.165) is 16.4 Å². The quantitative estimate of drug-likeness (QED) is 0.773. The highest BCUT2D eigenvalue weighted by atomic mass is 35.5. The van der Waals surface area contributed by atoms with Crippen LogP contribution in [-0.4, -0.2) is 37.2 Å². The summed E-state index contributed by atoms with van der Waals surface area (Å²) < 4.78 is 37.4. The van der Waals surface area contributed by atoms with Crippen molar-refractivity contribution in [2.24, 2.45) is 4.99 Å². The second kappa shape index (κ2) is 6.87. The van der Waals surface area contributed by atoms with E-state index in [1.165, 1.54) is 23.9 Å². The lowest BCUT2D eigenvalue weighted by Crippen LogP contribution is -2.39. The molecule has 4 nitrogen and oxygen atoms in total. The Bertz CT molecular complexity index is 963. The number of aliphatic imine (C=N–C) groups is 1. The Hall–Kier alpha value is -1.57. The summed E-state index contributed by atoms with van der Waals surface area (Å²) >= 11 is 7.74. The first kappa shape index (κ1) is 17.8. The Labute approximate surface area is 161 Å². The van der Waals surface area contributed by atoms with Crippen molar-refractivity contribution in [3.05, 3.63) is 64.9 Å². The third kappa shape index (κ3) is 3.48. The number of benzene rings is 2. The molecule has 0 aliphatic carbocycles. The Morgan fingerprint density at radius 2 is 1.88 bits per heavy atom. The topological polar surface area (TPSA) is 49.7 Å². The molecular formula is C18H16ClFN2O2S2. The molecule has 0 saturated carbocycles. The number of halogens is 2. The normalized spacial score (nSPS) is 23.8. The van der Waals surface area contributed by atoms with E-state index in [0.29, 0.717) is 10.8 Å². The Balaban J connectivity index is 1.63. The molecule has 0 spiro atoms. The summed E-state index contributed by atoms with van der Waals surface area (Å²) in [4.78, 5) is 6.59. The van der Waals surface area contributed by atoms with Gasteiger partial charge in [-0.1, -0.05) is 41.6 Å². The van der Waals surface area contributed by atoms with Gasteiger partial charge in [-0.2, -0.15) is 0 Å². The van der Waals surface area contributed by atoms with E-state index in [1.807, 2.05) is 29.2 Å². The van der Waals surface area contributed by atoms with E-state index in [4.69, 9.17) is 11.6 Å². The monoisotopic (exact) mass is 410 g/mol. The second-order valence-electron chi connectivity index (χ2n) is 6.35. The molecule has 0 aromatic heterocycles. The van der Waals surface area contributed by atoms with Crippen molar-refractivity contribution in [3.8, 4) is 0 Å². The summed E-state index contributed by atoms with van der Waals surface area (Å²) in [6, 6.07) is 13.2. The van der Waals surface area contributed by atoms with E-state index in [-0.39, 0.29) is 29.4 Å². The van der Waals surface area contributed by atoms with Crippen molar-refractivity contribution >= 4 is 44.1 Å². The van der Waals surface area contributed by atoms with Crippen LogP contribution in [0.15, 0.2) is 53.5 Å². The Kier molecular flexibility index (Phi) is 4.71. The molecule has 0 bridgehead atoms. The van der Waals surface area contributed by atoms with Crippen LogP contribution < -0.4 is 4.90 Å². The maximum absolute atomic E-state index is 13.3. The third-order valence-corrected chi connectivity index (χ3v) is 7.61. The summed E-state index contributed by atoms with van der Waals surface area (Å²) in [5, 5.41) is 1.44.